The number of hydrogen-bond donors (Lipinski definition) is 1. The summed E-state index contributed by atoms with van der Waals surface area (Å²) in [5.74, 6) is 2.39. The van der Waals surface area contributed by atoms with E-state index in [1.165, 1.54) is 0 Å². The van der Waals surface area contributed by atoms with E-state index in [0.29, 0.717) is 18.9 Å². The zero-order chi connectivity index (χ0) is 20.3. The third-order valence-electron chi connectivity index (χ3n) is 5.10. The van der Waals surface area contributed by atoms with Crippen molar-refractivity contribution < 1.29 is 4.79 Å². The van der Waals surface area contributed by atoms with Crippen molar-refractivity contribution in [2.45, 2.75) is 0 Å². The molecule has 0 spiro atoms. The molecule has 0 aliphatic carbocycles. The molecule has 1 N–H and O–H groups in total. The predicted molar refractivity (Wildman–Crippen MR) is 119 cm³/mol. The molecule has 0 radical (unpaired) electrons. The summed E-state index contributed by atoms with van der Waals surface area (Å²) in [4.78, 5) is 30.8. The second-order valence-corrected chi connectivity index (χ2v) is 8.11. The summed E-state index contributed by atoms with van der Waals surface area (Å²) in [6.45, 7) is 2.80. The number of anilines is 3. The number of carbonyl (C=O) groups excluding carboxylic acids is 1. The van der Waals surface area contributed by atoms with Gasteiger partial charge in [0.2, 0.25) is 0 Å². The molecule has 3 aromatic heterocycles. The fourth-order valence-corrected chi connectivity index (χ4v) is 4.57. The fourth-order valence-electron chi connectivity index (χ4n) is 3.54. The second kappa shape index (κ2) is 8.08. The van der Waals surface area contributed by atoms with E-state index < -0.39 is 0 Å². The Bertz CT molecular complexity index is 1140. The van der Waals surface area contributed by atoms with Crippen LogP contribution in [-0.4, -0.2) is 51.9 Å². The Hall–Kier alpha value is -3.52. The lowest BCUT2D eigenvalue weighted by Gasteiger charge is -2.35. The van der Waals surface area contributed by atoms with Gasteiger partial charge in [-0.1, -0.05) is 24.3 Å². The molecule has 1 amide bonds. The van der Waals surface area contributed by atoms with Crippen molar-refractivity contribution in [3.63, 3.8) is 0 Å². The SMILES string of the molecule is O=C(c1cc2ccccc2s1)N1CCN(c2cc(Nc3ccccn3)ncn2)CC1. The van der Waals surface area contributed by atoms with Gasteiger partial charge in [0.1, 0.15) is 23.8 Å². The van der Waals surface area contributed by atoms with Gasteiger partial charge in [-0.2, -0.15) is 0 Å². The Morgan fingerprint density at radius 2 is 1.73 bits per heavy atom. The first-order valence-corrected chi connectivity index (χ1v) is 10.6. The first-order chi connectivity index (χ1) is 14.8. The number of benzene rings is 1. The summed E-state index contributed by atoms with van der Waals surface area (Å²) in [6, 6.07) is 17.7. The topological polar surface area (TPSA) is 74.2 Å². The molecule has 4 heterocycles. The number of aromatic nitrogens is 3. The number of amides is 1. The number of nitrogens with zero attached hydrogens (tertiary/aromatic N) is 5. The van der Waals surface area contributed by atoms with Crippen LogP contribution in [0.4, 0.5) is 17.5 Å². The van der Waals surface area contributed by atoms with Gasteiger partial charge in [0.15, 0.2) is 0 Å². The molecule has 0 atom stereocenters. The highest BCUT2D eigenvalue weighted by Crippen LogP contribution is 2.27. The van der Waals surface area contributed by atoms with Gasteiger partial charge in [0, 0.05) is 43.1 Å². The van der Waals surface area contributed by atoms with E-state index in [-0.39, 0.29) is 5.91 Å². The molecule has 0 bridgehead atoms. The van der Waals surface area contributed by atoms with E-state index in [1.54, 1.807) is 23.9 Å². The Morgan fingerprint density at radius 3 is 2.53 bits per heavy atom. The number of fused-ring (bicyclic) bond motifs is 1. The van der Waals surface area contributed by atoms with Crippen molar-refractivity contribution in [1.82, 2.24) is 19.9 Å². The summed E-state index contributed by atoms with van der Waals surface area (Å²) in [5.41, 5.74) is 0. The van der Waals surface area contributed by atoms with E-state index in [1.807, 2.05) is 53.4 Å². The molecule has 0 unspecified atom stereocenters. The maximum Gasteiger partial charge on any atom is 0.264 e. The number of piperazine rings is 1. The smallest absolute Gasteiger partial charge is 0.264 e. The van der Waals surface area contributed by atoms with Crippen LogP contribution in [0.2, 0.25) is 0 Å². The number of thiophene rings is 1. The van der Waals surface area contributed by atoms with Gasteiger partial charge in [0.05, 0.1) is 4.88 Å². The average molecular weight is 417 g/mol. The van der Waals surface area contributed by atoms with E-state index >= 15 is 0 Å². The van der Waals surface area contributed by atoms with Crippen LogP contribution in [0.5, 0.6) is 0 Å². The molecular weight excluding hydrogens is 396 g/mol. The van der Waals surface area contributed by atoms with Crippen LogP contribution in [0.25, 0.3) is 10.1 Å². The van der Waals surface area contributed by atoms with E-state index in [2.05, 4.69) is 31.2 Å². The first kappa shape index (κ1) is 18.5. The maximum absolute atomic E-state index is 12.9. The van der Waals surface area contributed by atoms with Crippen molar-refractivity contribution in [3.05, 3.63) is 72.0 Å². The lowest BCUT2D eigenvalue weighted by Crippen LogP contribution is -2.48. The summed E-state index contributed by atoms with van der Waals surface area (Å²) >= 11 is 1.56. The van der Waals surface area contributed by atoms with Crippen LogP contribution >= 0.6 is 11.3 Å². The Balaban J connectivity index is 1.24. The molecule has 1 aromatic carbocycles. The van der Waals surface area contributed by atoms with Gasteiger partial charge in [-0.25, -0.2) is 15.0 Å². The third-order valence-corrected chi connectivity index (χ3v) is 6.20. The summed E-state index contributed by atoms with van der Waals surface area (Å²) in [5, 5.41) is 4.32. The minimum atomic E-state index is 0.107. The van der Waals surface area contributed by atoms with Crippen LogP contribution in [-0.2, 0) is 0 Å². The standard InChI is InChI=1S/C22H20N6OS/c29-22(18-13-16-5-1-2-6-17(16)30-18)28-11-9-27(10-12-28)21-14-20(24-15-25-21)26-19-7-3-4-8-23-19/h1-8,13-15H,9-12H2,(H,23,24,25,26). The normalized spacial score (nSPS) is 14.1. The van der Waals surface area contributed by atoms with Gasteiger partial charge >= 0.3 is 0 Å². The van der Waals surface area contributed by atoms with Gasteiger partial charge in [-0.05, 0) is 29.7 Å². The van der Waals surface area contributed by atoms with Crippen molar-refractivity contribution >= 4 is 44.8 Å². The second-order valence-electron chi connectivity index (χ2n) is 7.03. The maximum atomic E-state index is 12.9. The third kappa shape index (κ3) is 3.81. The number of hydrogen-bond acceptors (Lipinski definition) is 7. The largest absolute Gasteiger partial charge is 0.353 e. The molecule has 150 valence electrons. The Kier molecular flexibility index (Phi) is 4.98. The molecule has 1 fully saturated rings. The van der Waals surface area contributed by atoms with Crippen LogP contribution in [0.1, 0.15) is 9.67 Å². The number of nitrogens with one attached hydrogen (secondary N) is 1. The molecule has 0 saturated carbocycles. The van der Waals surface area contributed by atoms with Gasteiger partial charge < -0.3 is 15.1 Å². The van der Waals surface area contributed by atoms with Crippen LogP contribution < -0.4 is 10.2 Å². The molecule has 1 saturated heterocycles. The zero-order valence-corrected chi connectivity index (χ0v) is 17.0. The Labute approximate surface area is 178 Å². The van der Waals surface area contributed by atoms with Crippen molar-refractivity contribution in [1.29, 1.82) is 0 Å². The quantitative estimate of drug-likeness (QED) is 0.546. The lowest BCUT2D eigenvalue weighted by atomic mass is 10.2. The molecular formula is C22H20N6OS. The molecule has 5 rings (SSSR count). The molecule has 7 nitrogen and oxygen atoms in total. The van der Waals surface area contributed by atoms with Gasteiger partial charge in [-0.3, -0.25) is 4.79 Å². The van der Waals surface area contributed by atoms with Gasteiger partial charge in [-0.15, -0.1) is 11.3 Å². The minimum Gasteiger partial charge on any atom is -0.353 e. The summed E-state index contributed by atoms with van der Waals surface area (Å²) in [6.07, 6.45) is 3.28. The Morgan fingerprint density at radius 1 is 0.900 bits per heavy atom. The van der Waals surface area contributed by atoms with Crippen molar-refractivity contribution in [2.75, 3.05) is 36.4 Å². The summed E-state index contributed by atoms with van der Waals surface area (Å²) in [7, 11) is 0. The van der Waals surface area contributed by atoms with E-state index in [9.17, 15) is 4.79 Å². The van der Waals surface area contributed by atoms with Crippen molar-refractivity contribution in [3.8, 4) is 0 Å². The fraction of sp³-hybridized carbons (Fsp3) is 0.182. The number of pyridine rings is 1. The highest BCUT2D eigenvalue weighted by molar-refractivity contribution is 7.20. The van der Waals surface area contributed by atoms with Crippen molar-refractivity contribution in [2.24, 2.45) is 0 Å². The molecule has 30 heavy (non-hydrogen) atoms. The molecule has 1 aliphatic rings. The number of carbonyl (C=O) groups is 1. The van der Waals surface area contributed by atoms with E-state index in [4.69, 9.17) is 0 Å². The highest BCUT2D eigenvalue weighted by atomic mass is 32.1. The van der Waals surface area contributed by atoms with Crippen LogP contribution in [0, 0.1) is 0 Å². The molecule has 4 aromatic rings. The monoisotopic (exact) mass is 416 g/mol. The van der Waals surface area contributed by atoms with Gasteiger partial charge in [0.25, 0.3) is 5.91 Å². The average Bonchev–Trinajstić information content (AvgIpc) is 3.24. The lowest BCUT2D eigenvalue weighted by molar-refractivity contribution is 0.0751. The zero-order valence-electron chi connectivity index (χ0n) is 16.2. The predicted octanol–water partition coefficient (Wildman–Crippen LogP) is 3.79. The highest BCUT2D eigenvalue weighted by Gasteiger charge is 2.24. The first-order valence-electron chi connectivity index (χ1n) is 9.79. The van der Waals surface area contributed by atoms with Crippen LogP contribution in [0.3, 0.4) is 0 Å². The molecule has 8 heteroatoms. The summed E-state index contributed by atoms with van der Waals surface area (Å²) < 4.78 is 1.15. The number of rotatable bonds is 4. The van der Waals surface area contributed by atoms with Crippen LogP contribution in [0.15, 0.2) is 67.1 Å². The minimum absolute atomic E-state index is 0.107. The van der Waals surface area contributed by atoms with E-state index in [0.717, 1.165) is 39.7 Å². The molecule has 1 aliphatic heterocycles.